The van der Waals surface area contributed by atoms with Crippen LogP contribution in [0.1, 0.15) is 25.7 Å². The zero-order valence-corrected chi connectivity index (χ0v) is 14.2. The molecule has 2 aliphatic rings. The van der Waals surface area contributed by atoms with Gasteiger partial charge in [0.05, 0.1) is 12.6 Å². The summed E-state index contributed by atoms with van der Waals surface area (Å²) in [4.78, 5) is 14.0. The molecule has 2 amide bonds. The summed E-state index contributed by atoms with van der Waals surface area (Å²) in [7, 11) is 0. The lowest BCUT2D eigenvalue weighted by molar-refractivity contribution is 0.0372. The first-order chi connectivity index (χ1) is 12.1. The summed E-state index contributed by atoms with van der Waals surface area (Å²) >= 11 is 0. The molecule has 5 nitrogen and oxygen atoms in total. The van der Waals surface area contributed by atoms with Crippen molar-refractivity contribution in [3.8, 4) is 5.75 Å². The average Bonchev–Trinajstić information content (AvgIpc) is 3.16. The van der Waals surface area contributed by atoms with Gasteiger partial charge in [-0.15, -0.1) is 0 Å². The topological polar surface area (TPSA) is 50.8 Å². The molecule has 0 radical (unpaired) electrons. The third kappa shape index (κ3) is 4.81. The number of carbonyl (C=O) groups is 1. The van der Waals surface area contributed by atoms with Gasteiger partial charge >= 0.3 is 6.03 Å². The Bertz CT molecular complexity index is 586. The van der Waals surface area contributed by atoms with Crippen molar-refractivity contribution in [2.45, 2.75) is 31.8 Å². The Kier molecular flexibility index (Phi) is 6.07. The second-order valence-electron chi connectivity index (χ2n) is 6.53. The maximum absolute atomic E-state index is 13.1. The molecule has 1 N–H and O–H groups in total. The summed E-state index contributed by atoms with van der Waals surface area (Å²) < 4.78 is 36.9. The van der Waals surface area contributed by atoms with Crippen LogP contribution in [0.4, 0.5) is 13.6 Å². The van der Waals surface area contributed by atoms with E-state index in [1.165, 1.54) is 6.07 Å². The van der Waals surface area contributed by atoms with E-state index in [-0.39, 0.29) is 18.4 Å². The van der Waals surface area contributed by atoms with Crippen LogP contribution >= 0.6 is 0 Å². The van der Waals surface area contributed by atoms with Crippen LogP contribution in [0.2, 0.25) is 0 Å². The Morgan fingerprint density at radius 2 is 2.04 bits per heavy atom. The van der Waals surface area contributed by atoms with Crippen molar-refractivity contribution in [1.82, 2.24) is 10.2 Å². The number of benzene rings is 1. The minimum absolute atomic E-state index is 0.111. The van der Waals surface area contributed by atoms with Crippen LogP contribution in [0.15, 0.2) is 18.2 Å². The number of hydrogen-bond donors (Lipinski definition) is 1. The van der Waals surface area contributed by atoms with Gasteiger partial charge in [-0.1, -0.05) is 0 Å². The number of nitrogens with one attached hydrogen (secondary N) is 1. The summed E-state index contributed by atoms with van der Waals surface area (Å²) in [5.41, 5.74) is 0. The molecule has 25 heavy (non-hydrogen) atoms. The molecule has 0 bridgehead atoms. The van der Waals surface area contributed by atoms with Gasteiger partial charge < -0.3 is 19.7 Å². The number of rotatable bonds is 5. The van der Waals surface area contributed by atoms with Gasteiger partial charge in [-0.2, -0.15) is 0 Å². The lowest BCUT2D eigenvalue weighted by atomic mass is 9.90. The number of amides is 2. The van der Waals surface area contributed by atoms with Gasteiger partial charge in [-0.05, 0) is 43.7 Å². The molecule has 2 fully saturated rings. The van der Waals surface area contributed by atoms with Crippen molar-refractivity contribution in [1.29, 1.82) is 0 Å². The summed E-state index contributed by atoms with van der Waals surface area (Å²) in [6.45, 7) is 2.84. The quantitative estimate of drug-likeness (QED) is 0.827. The highest BCUT2D eigenvalue weighted by Crippen LogP contribution is 2.28. The van der Waals surface area contributed by atoms with Gasteiger partial charge in [0.15, 0.2) is 11.6 Å². The van der Waals surface area contributed by atoms with Gasteiger partial charge in [0, 0.05) is 25.8 Å². The molecular formula is C18H24F2N2O3. The number of piperidine rings is 1. The first-order valence-electron chi connectivity index (χ1n) is 8.85. The summed E-state index contributed by atoms with van der Waals surface area (Å²) in [6.07, 6.45) is 4.60. The Morgan fingerprint density at radius 1 is 1.24 bits per heavy atom. The number of carbonyl (C=O) groups excluding carboxylic acids is 1. The average molecular weight is 354 g/mol. The van der Waals surface area contributed by atoms with Gasteiger partial charge in [-0.3, -0.25) is 0 Å². The zero-order chi connectivity index (χ0) is 17.6. The second-order valence-corrected chi connectivity index (χ2v) is 6.53. The smallest absolute Gasteiger partial charge is 0.317 e. The molecule has 0 aliphatic carbocycles. The molecule has 138 valence electrons. The fourth-order valence-electron chi connectivity index (χ4n) is 3.45. The van der Waals surface area contributed by atoms with Crippen molar-refractivity contribution in [2.75, 3.05) is 32.8 Å². The summed E-state index contributed by atoms with van der Waals surface area (Å²) in [6, 6.07) is 3.25. The van der Waals surface area contributed by atoms with Crippen LogP contribution in [0.25, 0.3) is 0 Å². The number of nitrogens with zero attached hydrogens (tertiary/aromatic N) is 1. The standard InChI is InChI=1S/C18H24F2N2O3/c19-15-4-3-14(12-16(15)20)24-11-7-21-18(23)22-8-5-13(6-9-22)17-2-1-10-25-17/h3-4,12-13,17H,1-2,5-11H2,(H,21,23). The van der Waals surface area contributed by atoms with E-state index < -0.39 is 11.6 Å². The first kappa shape index (κ1) is 17.9. The highest BCUT2D eigenvalue weighted by molar-refractivity contribution is 5.74. The lowest BCUT2D eigenvalue weighted by Crippen LogP contribution is -2.46. The number of hydrogen-bond acceptors (Lipinski definition) is 3. The van der Waals surface area contributed by atoms with E-state index in [4.69, 9.17) is 9.47 Å². The number of halogens is 2. The minimum Gasteiger partial charge on any atom is -0.492 e. The van der Waals surface area contributed by atoms with Crippen LogP contribution < -0.4 is 10.1 Å². The monoisotopic (exact) mass is 354 g/mol. The molecule has 2 saturated heterocycles. The summed E-state index contributed by atoms with van der Waals surface area (Å²) in [5, 5.41) is 2.80. The van der Waals surface area contributed by atoms with Crippen molar-refractivity contribution < 1.29 is 23.0 Å². The van der Waals surface area contributed by atoms with E-state index in [9.17, 15) is 13.6 Å². The van der Waals surface area contributed by atoms with Crippen molar-refractivity contribution in [3.63, 3.8) is 0 Å². The van der Waals surface area contributed by atoms with Crippen LogP contribution in [0, 0.1) is 17.6 Å². The van der Waals surface area contributed by atoms with Crippen molar-refractivity contribution in [2.24, 2.45) is 5.92 Å². The largest absolute Gasteiger partial charge is 0.492 e. The van der Waals surface area contributed by atoms with Crippen molar-refractivity contribution in [3.05, 3.63) is 29.8 Å². The van der Waals surface area contributed by atoms with E-state index in [2.05, 4.69) is 5.32 Å². The third-order valence-corrected chi connectivity index (χ3v) is 4.86. The van der Waals surface area contributed by atoms with Gasteiger partial charge in [-0.25, -0.2) is 13.6 Å². The molecule has 1 unspecified atom stereocenters. The zero-order valence-electron chi connectivity index (χ0n) is 14.2. The van der Waals surface area contributed by atoms with Gasteiger partial charge in [0.2, 0.25) is 0 Å². The van der Waals surface area contributed by atoms with E-state index in [1.54, 1.807) is 0 Å². The molecule has 0 aromatic heterocycles. The van der Waals surface area contributed by atoms with E-state index in [1.807, 2.05) is 4.90 Å². The highest BCUT2D eigenvalue weighted by atomic mass is 19.2. The summed E-state index contributed by atoms with van der Waals surface area (Å²) in [5.74, 6) is -1.06. The molecule has 7 heteroatoms. The normalized spacial score (nSPS) is 21.4. The molecule has 2 aliphatic heterocycles. The fraction of sp³-hybridized carbons (Fsp3) is 0.611. The molecule has 1 atom stereocenters. The van der Waals surface area contributed by atoms with Crippen LogP contribution in [-0.2, 0) is 4.74 Å². The minimum atomic E-state index is -0.948. The van der Waals surface area contributed by atoms with Crippen LogP contribution in [0.3, 0.4) is 0 Å². The molecule has 0 saturated carbocycles. The SMILES string of the molecule is O=C(NCCOc1ccc(F)c(F)c1)N1CCC(C2CCCO2)CC1. The molecule has 2 heterocycles. The van der Waals surface area contributed by atoms with E-state index in [0.29, 0.717) is 18.6 Å². The number of likely N-dealkylation sites (tertiary alicyclic amines) is 1. The second kappa shape index (κ2) is 8.47. The Labute approximate surface area is 146 Å². The molecule has 1 aromatic rings. The Hall–Kier alpha value is -1.89. The Balaban J connectivity index is 1.33. The van der Waals surface area contributed by atoms with E-state index >= 15 is 0 Å². The van der Waals surface area contributed by atoms with Crippen molar-refractivity contribution >= 4 is 6.03 Å². The first-order valence-corrected chi connectivity index (χ1v) is 8.85. The lowest BCUT2D eigenvalue weighted by Gasteiger charge is -2.34. The predicted molar refractivity (Wildman–Crippen MR) is 88.5 cm³/mol. The van der Waals surface area contributed by atoms with E-state index in [0.717, 1.165) is 57.5 Å². The van der Waals surface area contributed by atoms with Crippen LogP contribution in [0.5, 0.6) is 5.75 Å². The highest BCUT2D eigenvalue weighted by Gasteiger charge is 2.30. The maximum Gasteiger partial charge on any atom is 0.317 e. The predicted octanol–water partition coefficient (Wildman–Crippen LogP) is 2.94. The molecule has 1 aromatic carbocycles. The molecular weight excluding hydrogens is 330 g/mol. The maximum atomic E-state index is 13.1. The Morgan fingerprint density at radius 3 is 2.72 bits per heavy atom. The van der Waals surface area contributed by atoms with Gasteiger partial charge in [0.1, 0.15) is 12.4 Å². The van der Waals surface area contributed by atoms with Crippen LogP contribution in [-0.4, -0.2) is 49.9 Å². The molecule has 3 rings (SSSR count). The fourth-order valence-corrected chi connectivity index (χ4v) is 3.45. The third-order valence-electron chi connectivity index (χ3n) is 4.86. The molecule has 0 spiro atoms. The number of ether oxygens (including phenoxy) is 2. The number of urea groups is 1. The van der Waals surface area contributed by atoms with Gasteiger partial charge in [0.25, 0.3) is 0 Å².